The highest BCUT2D eigenvalue weighted by atomic mass is 35.5. The summed E-state index contributed by atoms with van der Waals surface area (Å²) in [6.07, 6.45) is 4.53. The molecule has 10 nitrogen and oxygen atoms in total. The van der Waals surface area contributed by atoms with Crippen LogP contribution < -0.4 is 21.1 Å². The number of aromatic nitrogens is 4. The first-order valence-electron chi connectivity index (χ1n) is 11.1. The van der Waals surface area contributed by atoms with Gasteiger partial charge >= 0.3 is 6.61 Å². The van der Waals surface area contributed by atoms with Gasteiger partial charge in [0.05, 0.1) is 11.4 Å². The number of hydrogen-bond acceptors (Lipinski definition) is 9. The molecule has 198 valence electrons. The number of nitrogens with zero attached hydrogens (tertiary/aromatic N) is 4. The molecule has 0 saturated heterocycles. The number of nitrogen functional groups attached to an aromatic ring is 1. The lowest BCUT2D eigenvalue weighted by Crippen LogP contribution is -2.21. The molecule has 1 aliphatic rings. The first kappa shape index (κ1) is 28.2. The van der Waals surface area contributed by atoms with Crippen LogP contribution in [0.15, 0.2) is 54.7 Å². The Balaban J connectivity index is 0.000000956. The number of halogens is 3. The molecule has 0 unspecified atom stereocenters. The molecule has 0 radical (unpaired) electrons. The van der Waals surface area contributed by atoms with Gasteiger partial charge in [-0.2, -0.15) is 13.9 Å². The normalized spacial score (nSPS) is 12.6. The number of hydrogen-bond donors (Lipinski definition) is 3. The van der Waals surface area contributed by atoms with E-state index in [1.807, 2.05) is 25.7 Å². The van der Waals surface area contributed by atoms with E-state index in [-0.39, 0.29) is 10.9 Å². The number of fused-ring (bicyclic) bond motifs is 1. The third kappa shape index (κ3) is 6.47. The fourth-order valence-corrected chi connectivity index (χ4v) is 3.97. The van der Waals surface area contributed by atoms with Gasteiger partial charge in [0.1, 0.15) is 25.0 Å². The maximum absolute atomic E-state index is 12.5. The molecule has 38 heavy (non-hydrogen) atoms. The SMILES string of the molecule is C=O.C=O.Nc1nc2ccc(-c3cnc(Cl)c(Nc4cccc(OC(F)F)c4)c3)nn2c1C1=CCNCC1. The van der Waals surface area contributed by atoms with Crippen molar-refractivity contribution in [1.82, 2.24) is 24.9 Å². The molecule has 13 heteroatoms. The van der Waals surface area contributed by atoms with Crippen LogP contribution in [0.2, 0.25) is 5.15 Å². The fraction of sp³-hybridized carbons (Fsp3) is 0.160. The van der Waals surface area contributed by atoms with Crippen LogP contribution in [-0.4, -0.2) is 52.9 Å². The number of benzene rings is 1. The molecule has 0 saturated carbocycles. The van der Waals surface area contributed by atoms with Gasteiger partial charge in [-0.1, -0.05) is 23.7 Å². The molecule has 4 N–H and O–H groups in total. The molecule has 1 aliphatic heterocycles. The Labute approximate surface area is 221 Å². The highest BCUT2D eigenvalue weighted by Crippen LogP contribution is 2.31. The first-order valence-corrected chi connectivity index (χ1v) is 11.5. The van der Waals surface area contributed by atoms with Crippen molar-refractivity contribution < 1.29 is 23.1 Å². The molecule has 3 aromatic heterocycles. The Morgan fingerprint density at radius 2 is 1.95 bits per heavy atom. The minimum Gasteiger partial charge on any atom is -0.435 e. The number of ether oxygens (including phenoxy) is 1. The number of anilines is 3. The van der Waals surface area contributed by atoms with Gasteiger partial charge in [-0.25, -0.2) is 14.5 Å². The van der Waals surface area contributed by atoms with Gasteiger partial charge in [0, 0.05) is 30.1 Å². The third-order valence-electron chi connectivity index (χ3n) is 5.35. The van der Waals surface area contributed by atoms with Gasteiger partial charge in [-0.3, -0.25) is 0 Å². The summed E-state index contributed by atoms with van der Waals surface area (Å²) >= 11 is 6.29. The monoisotopic (exact) mass is 543 g/mol. The highest BCUT2D eigenvalue weighted by molar-refractivity contribution is 6.32. The van der Waals surface area contributed by atoms with Crippen molar-refractivity contribution in [2.75, 3.05) is 24.1 Å². The second-order valence-electron chi connectivity index (χ2n) is 7.61. The quantitative estimate of drug-likeness (QED) is 0.302. The average molecular weight is 544 g/mol. The van der Waals surface area contributed by atoms with Gasteiger partial charge in [-0.15, -0.1) is 0 Å². The Morgan fingerprint density at radius 1 is 1.16 bits per heavy atom. The van der Waals surface area contributed by atoms with E-state index in [9.17, 15) is 8.78 Å². The van der Waals surface area contributed by atoms with E-state index in [1.165, 1.54) is 12.1 Å². The van der Waals surface area contributed by atoms with E-state index in [1.54, 1.807) is 28.9 Å². The molecule has 4 aromatic rings. The molecule has 5 rings (SSSR count). The van der Waals surface area contributed by atoms with Crippen molar-refractivity contribution in [3.63, 3.8) is 0 Å². The molecule has 0 aliphatic carbocycles. The zero-order valence-electron chi connectivity index (χ0n) is 20.0. The van der Waals surface area contributed by atoms with Crippen molar-refractivity contribution in [1.29, 1.82) is 0 Å². The zero-order valence-corrected chi connectivity index (χ0v) is 20.8. The summed E-state index contributed by atoms with van der Waals surface area (Å²) in [5, 5.41) is 11.4. The molecule has 0 bridgehead atoms. The van der Waals surface area contributed by atoms with E-state index in [0.29, 0.717) is 34.1 Å². The summed E-state index contributed by atoms with van der Waals surface area (Å²) in [6.45, 7) is 2.71. The Bertz CT molecular complexity index is 1430. The van der Waals surface area contributed by atoms with Crippen molar-refractivity contribution in [2.45, 2.75) is 13.0 Å². The smallest absolute Gasteiger partial charge is 0.387 e. The maximum Gasteiger partial charge on any atom is 0.387 e. The van der Waals surface area contributed by atoms with Gasteiger partial charge in [0.2, 0.25) is 0 Å². The van der Waals surface area contributed by atoms with Crippen LogP contribution in [0.4, 0.5) is 26.0 Å². The minimum absolute atomic E-state index is 0.0322. The number of carbonyl (C=O) groups is 2. The van der Waals surface area contributed by atoms with Gasteiger partial charge in [0.25, 0.3) is 0 Å². The summed E-state index contributed by atoms with van der Waals surface area (Å²) in [4.78, 5) is 24.7. The van der Waals surface area contributed by atoms with Gasteiger partial charge < -0.3 is 30.7 Å². The number of nitrogens with one attached hydrogen (secondary N) is 2. The molecular formula is C25H24ClF2N7O3. The van der Waals surface area contributed by atoms with Crippen LogP contribution >= 0.6 is 11.6 Å². The number of imidazole rings is 1. The maximum atomic E-state index is 12.5. The molecule has 4 heterocycles. The van der Waals surface area contributed by atoms with Crippen LogP contribution in [0.3, 0.4) is 0 Å². The van der Waals surface area contributed by atoms with Crippen molar-refractivity contribution in [2.24, 2.45) is 0 Å². The lowest BCUT2D eigenvalue weighted by molar-refractivity contribution is -0.0987. The van der Waals surface area contributed by atoms with Crippen molar-refractivity contribution in [3.05, 3.63) is 65.6 Å². The molecular weight excluding hydrogens is 520 g/mol. The second kappa shape index (κ2) is 13.2. The molecule has 1 aromatic carbocycles. The summed E-state index contributed by atoms with van der Waals surface area (Å²) in [6, 6.07) is 11.7. The van der Waals surface area contributed by atoms with Crippen molar-refractivity contribution in [3.8, 4) is 17.0 Å². The summed E-state index contributed by atoms with van der Waals surface area (Å²) in [5.41, 5.74) is 11.1. The number of rotatable bonds is 6. The second-order valence-corrected chi connectivity index (χ2v) is 7.97. The lowest BCUT2D eigenvalue weighted by atomic mass is 10.1. The Kier molecular flexibility index (Phi) is 9.79. The van der Waals surface area contributed by atoms with E-state index in [4.69, 9.17) is 32.0 Å². The molecule has 0 atom stereocenters. The van der Waals surface area contributed by atoms with Gasteiger partial charge in [-0.05, 0) is 48.9 Å². The Hall–Kier alpha value is -4.42. The lowest BCUT2D eigenvalue weighted by Gasteiger charge is -2.14. The van der Waals surface area contributed by atoms with Crippen molar-refractivity contribution >= 4 is 53.6 Å². The van der Waals surface area contributed by atoms with Crippen LogP contribution in [0.1, 0.15) is 12.1 Å². The number of pyridine rings is 1. The van der Waals surface area contributed by atoms with Crippen LogP contribution in [0.5, 0.6) is 5.75 Å². The highest BCUT2D eigenvalue weighted by Gasteiger charge is 2.18. The standard InChI is InChI=1S/C23H20ClF2N7O.2CH2O/c24-21-18(30-15-2-1-3-16(11-15)34-23(25)26)10-14(12-29-21)17-4-5-19-31-22(27)20(33(19)32-17)13-6-8-28-9-7-13;2*1-2/h1-6,10-12,23,28,30H,7-9,27H2;2*1H2. The van der Waals surface area contributed by atoms with E-state index in [2.05, 4.69) is 31.4 Å². The topological polar surface area (TPSA) is 137 Å². The third-order valence-corrected chi connectivity index (χ3v) is 5.65. The fourth-order valence-electron chi connectivity index (χ4n) is 3.82. The number of carbonyl (C=O) groups excluding carboxylic acids is 2. The largest absolute Gasteiger partial charge is 0.435 e. The molecule has 0 spiro atoms. The average Bonchev–Trinajstić information content (AvgIpc) is 3.27. The molecule has 0 fully saturated rings. The number of alkyl halides is 2. The van der Waals surface area contributed by atoms with E-state index >= 15 is 0 Å². The van der Waals surface area contributed by atoms with Gasteiger partial charge in [0.15, 0.2) is 16.6 Å². The summed E-state index contributed by atoms with van der Waals surface area (Å²) < 4.78 is 31.3. The van der Waals surface area contributed by atoms with Crippen LogP contribution in [0.25, 0.3) is 22.5 Å². The van der Waals surface area contributed by atoms with Crippen LogP contribution in [0, 0.1) is 0 Å². The van der Waals surface area contributed by atoms with Crippen LogP contribution in [-0.2, 0) is 9.59 Å². The summed E-state index contributed by atoms with van der Waals surface area (Å²) in [7, 11) is 0. The predicted molar refractivity (Wildman–Crippen MR) is 142 cm³/mol. The van der Waals surface area contributed by atoms with E-state index < -0.39 is 6.61 Å². The Morgan fingerprint density at radius 3 is 2.66 bits per heavy atom. The van der Waals surface area contributed by atoms with E-state index in [0.717, 1.165) is 30.8 Å². The minimum atomic E-state index is -2.91. The first-order chi connectivity index (χ1) is 18.5. The summed E-state index contributed by atoms with van der Waals surface area (Å²) in [5.74, 6) is 0.463. The zero-order chi connectivity index (χ0) is 27.7. The predicted octanol–water partition coefficient (Wildman–Crippen LogP) is 4.38. The molecule has 0 amide bonds. The number of nitrogens with two attached hydrogens (primary N) is 1.